The fourth-order valence-corrected chi connectivity index (χ4v) is 3.96. The van der Waals surface area contributed by atoms with Gasteiger partial charge in [0.25, 0.3) is 11.5 Å². The maximum absolute atomic E-state index is 12.5. The average molecular weight is 412 g/mol. The van der Waals surface area contributed by atoms with Gasteiger partial charge >= 0.3 is 0 Å². The fourth-order valence-electron chi connectivity index (χ4n) is 2.31. The smallest absolute Gasteiger partial charge is 0.265 e. The van der Waals surface area contributed by atoms with Crippen molar-refractivity contribution in [2.75, 3.05) is 0 Å². The molecule has 0 aliphatic carbocycles. The topological polar surface area (TPSA) is 66.4 Å². The summed E-state index contributed by atoms with van der Waals surface area (Å²) in [6.45, 7) is 3.93. The molecular weight excluding hydrogens is 398 g/mol. The largest absolute Gasteiger partial charge is 0.349 e. The predicted molar refractivity (Wildman–Crippen MR) is 99.2 cm³/mol. The molecule has 3 rings (SSSR count). The van der Waals surface area contributed by atoms with Crippen molar-refractivity contribution in [3.63, 3.8) is 0 Å². The van der Waals surface area contributed by atoms with E-state index in [0.717, 1.165) is 10.9 Å². The Bertz CT molecular complexity index is 1030. The monoisotopic (exact) mass is 411 g/mol. The van der Waals surface area contributed by atoms with Crippen LogP contribution in [0, 0.1) is 3.95 Å². The van der Waals surface area contributed by atoms with Crippen molar-refractivity contribution >= 4 is 61.9 Å². The summed E-state index contributed by atoms with van der Waals surface area (Å²) in [7, 11) is 0. The average Bonchev–Trinajstić information content (AvgIpc) is 2.84. The normalized spacial score (nSPS) is 12.7. The highest BCUT2D eigenvalue weighted by atomic mass is 79.9. The van der Waals surface area contributed by atoms with Crippen LogP contribution in [0.3, 0.4) is 0 Å². The molecule has 120 valence electrons. The maximum Gasteiger partial charge on any atom is 0.265 e. The number of benzene rings is 1. The van der Waals surface area contributed by atoms with Crippen LogP contribution < -0.4 is 10.9 Å². The summed E-state index contributed by atoms with van der Waals surface area (Å²) in [5.74, 6) is -0.218. The molecule has 0 bridgehead atoms. The first-order valence-corrected chi connectivity index (χ1v) is 9.12. The van der Waals surface area contributed by atoms with Crippen molar-refractivity contribution in [1.82, 2.24) is 14.7 Å². The molecule has 0 spiro atoms. The van der Waals surface area contributed by atoms with Crippen LogP contribution >= 0.6 is 39.5 Å². The predicted octanol–water partition coefficient (Wildman–Crippen LogP) is 3.86. The van der Waals surface area contributed by atoms with E-state index < -0.39 is 0 Å². The van der Waals surface area contributed by atoms with E-state index in [1.165, 1.54) is 11.3 Å². The van der Waals surface area contributed by atoms with Gasteiger partial charge in [-0.3, -0.25) is 14.0 Å². The Morgan fingerprint density at radius 3 is 2.96 bits per heavy atom. The molecular formula is C15H14BrN3O2S2. The third-order valence-electron chi connectivity index (χ3n) is 3.68. The third-order valence-corrected chi connectivity index (χ3v) is 5.55. The van der Waals surface area contributed by atoms with Crippen molar-refractivity contribution in [3.05, 3.63) is 41.9 Å². The lowest BCUT2D eigenvalue weighted by atomic mass is 10.2. The van der Waals surface area contributed by atoms with Gasteiger partial charge in [0, 0.05) is 10.5 Å². The molecule has 2 heterocycles. The number of nitrogens with one attached hydrogen (secondary N) is 2. The number of hydrogen-bond acceptors (Lipinski definition) is 4. The lowest BCUT2D eigenvalue weighted by Gasteiger charge is -2.10. The second kappa shape index (κ2) is 6.18. The van der Waals surface area contributed by atoms with E-state index in [2.05, 4.69) is 26.2 Å². The number of H-pyrrole nitrogens is 1. The van der Waals surface area contributed by atoms with Crippen LogP contribution in [0.25, 0.3) is 16.6 Å². The van der Waals surface area contributed by atoms with Gasteiger partial charge in [-0.15, -0.1) is 0 Å². The van der Waals surface area contributed by atoms with Crippen molar-refractivity contribution < 1.29 is 4.79 Å². The molecule has 0 aliphatic rings. The molecule has 2 aromatic heterocycles. The van der Waals surface area contributed by atoms with Crippen LogP contribution in [0.5, 0.6) is 0 Å². The lowest BCUT2D eigenvalue weighted by molar-refractivity contribution is 0.0944. The molecule has 23 heavy (non-hydrogen) atoms. The van der Waals surface area contributed by atoms with Gasteiger partial charge in [-0.05, 0) is 43.8 Å². The fraction of sp³-hybridized carbons (Fsp3) is 0.267. The van der Waals surface area contributed by atoms with E-state index in [-0.39, 0.29) is 17.5 Å². The standard InChI is InChI=1S/C15H14BrN3O2S2/c1-3-7(2)17-14(21)11-12-18-13(20)9-6-8(16)4-5-10(9)19(12)15(22)23-11/h4-7H,3H2,1-2H3,(H,17,21)(H,18,20). The van der Waals surface area contributed by atoms with Crippen molar-refractivity contribution in [2.45, 2.75) is 26.3 Å². The first-order valence-electron chi connectivity index (χ1n) is 7.10. The summed E-state index contributed by atoms with van der Waals surface area (Å²) in [4.78, 5) is 28.0. The van der Waals surface area contributed by atoms with E-state index in [1.54, 1.807) is 10.5 Å². The van der Waals surface area contributed by atoms with Gasteiger partial charge < -0.3 is 10.3 Å². The van der Waals surface area contributed by atoms with Gasteiger partial charge in [0.05, 0.1) is 10.9 Å². The van der Waals surface area contributed by atoms with E-state index in [4.69, 9.17) is 12.2 Å². The van der Waals surface area contributed by atoms with Gasteiger partial charge in [-0.25, -0.2) is 0 Å². The molecule has 0 saturated carbocycles. The Hall–Kier alpha value is -1.51. The van der Waals surface area contributed by atoms with E-state index >= 15 is 0 Å². The Labute approximate surface area is 149 Å². The third kappa shape index (κ3) is 2.86. The molecule has 2 N–H and O–H groups in total. The lowest BCUT2D eigenvalue weighted by Crippen LogP contribution is -2.31. The zero-order valence-electron chi connectivity index (χ0n) is 12.5. The van der Waals surface area contributed by atoms with Gasteiger partial charge in [0.2, 0.25) is 0 Å². The molecule has 3 aromatic rings. The SMILES string of the molecule is CCC(C)NC(=O)c1sc(=S)n2c1[nH]c(=O)c1cc(Br)ccc12. The van der Waals surface area contributed by atoms with Crippen LogP contribution in [0.1, 0.15) is 29.9 Å². The number of rotatable bonds is 3. The molecule has 1 unspecified atom stereocenters. The highest BCUT2D eigenvalue weighted by molar-refractivity contribution is 9.10. The quantitative estimate of drug-likeness (QED) is 0.642. The number of carbonyl (C=O) groups is 1. The maximum atomic E-state index is 12.5. The summed E-state index contributed by atoms with van der Waals surface area (Å²) >= 11 is 9.97. The number of amides is 1. The first-order chi connectivity index (χ1) is 10.9. The number of nitrogens with zero attached hydrogens (tertiary/aromatic N) is 1. The summed E-state index contributed by atoms with van der Waals surface area (Å²) < 4.78 is 3.08. The Kier molecular flexibility index (Phi) is 4.39. The van der Waals surface area contributed by atoms with E-state index in [0.29, 0.717) is 25.4 Å². The number of carbonyl (C=O) groups excluding carboxylic acids is 1. The summed E-state index contributed by atoms with van der Waals surface area (Å²) in [6, 6.07) is 5.47. The molecule has 0 fully saturated rings. The number of hydrogen-bond donors (Lipinski definition) is 2. The molecule has 1 atom stereocenters. The van der Waals surface area contributed by atoms with Gasteiger partial charge in [-0.1, -0.05) is 34.2 Å². The molecule has 8 heteroatoms. The number of thiazole rings is 1. The molecule has 1 aromatic carbocycles. The van der Waals surface area contributed by atoms with Crippen LogP contribution in [-0.2, 0) is 0 Å². The number of aromatic nitrogens is 2. The van der Waals surface area contributed by atoms with Gasteiger partial charge in [0.15, 0.2) is 3.95 Å². The van der Waals surface area contributed by atoms with Crippen LogP contribution in [0.4, 0.5) is 0 Å². The van der Waals surface area contributed by atoms with Gasteiger partial charge in [-0.2, -0.15) is 0 Å². The van der Waals surface area contributed by atoms with E-state index in [9.17, 15) is 9.59 Å². The number of fused-ring (bicyclic) bond motifs is 3. The molecule has 0 aliphatic heterocycles. The molecule has 0 saturated heterocycles. The Morgan fingerprint density at radius 1 is 1.52 bits per heavy atom. The highest BCUT2D eigenvalue weighted by Gasteiger charge is 2.18. The number of halogens is 1. The van der Waals surface area contributed by atoms with Gasteiger partial charge in [0.1, 0.15) is 10.5 Å². The zero-order valence-corrected chi connectivity index (χ0v) is 15.7. The second-order valence-corrected chi connectivity index (χ2v) is 7.84. The van der Waals surface area contributed by atoms with Crippen LogP contribution in [0.2, 0.25) is 0 Å². The van der Waals surface area contributed by atoms with Crippen LogP contribution in [-0.4, -0.2) is 21.3 Å². The minimum Gasteiger partial charge on any atom is -0.349 e. The van der Waals surface area contributed by atoms with Crippen molar-refractivity contribution in [1.29, 1.82) is 0 Å². The van der Waals surface area contributed by atoms with E-state index in [1.807, 2.05) is 26.0 Å². The zero-order chi connectivity index (χ0) is 16.7. The first kappa shape index (κ1) is 16.4. The van der Waals surface area contributed by atoms with Crippen molar-refractivity contribution in [2.24, 2.45) is 0 Å². The molecule has 5 nitrogen and oxygen atoms in total. The molecule has 0 radical (unpaired) electrons. The number of aromatic amines is 1. The Balaban J connectivity index is 2.30. The minimum atomic E-state index is -0.244. The summed E-state index contributed by atoms with van der Waals surface area (Å²) in [5.41, 5.74) is 0.892. The Morgan fingerprint density at radius 2 is 2.26 bits per heavy atom. The highest BCUT2D eigenvalue weighted by Crippen LogP contribution is 2.24. The minimum absolute atomic E-state index is 0.0568. The van der Waals surface area contributed by atoms with Crippen molar-refractivity contribution in [3.8, 4) is 0 Å². The summed E-state index contributed by atoms with van der Waals surface area (Å²) in [6.07, 6.45) is 0.830. The second-order valence-electron chi connectivity index (χ2n) is 5.28. The summed E-state index contributed by atoms with van der Waals surface area (Å²) in [5, 5.41) is 3.43. The molecule has 1 amide bonds. The van der Waals surface area contributed by atoms with Crippen LogP contribution in [0.15, 0.2) is 27.5 Å².